The van der Waals surface area contributed by atoms with Crippen LogP contribution in [0.5, 0.6) is 0 Å². The van der Waals surface area contributed by atoms with Crippen LogP contribution in [0.15, 0.2) is 24.4 Å². The molecule has 1 aromatic carbocycles. The zero-order chi connectivity index (χ0) is 20.3. The number of halogens is 1. The predicted octanol–water partition coefficient (Wildman–Crippen LogP) is 2.60. The molecular formula is C19H21FN4O4. The number of rotatable bonds is 3. The fraction of sp³-hybridized carbons (Fsp3) is 0.368. The number of nitrogens with two attached hydrogens (primary N) is 1. The number of nitrogens with zero attached hydrogens (tertiary/aromatic N) is 3. The fourth-order valence-electron chi connectivity index (χ4n) is 3.27. The third kappa shape index (κ3) is 3.88. The lowest BCUT2D eigenvalue weighted by Crippen LogP contribution is -2.39. The van der Waals surface area contributed by atoms with Crippen LogP contribution in [0.3, 0.4) is 0 Å². The molecule has 9 heteroatoms. The summed E-state index contributed by atoms with van der Waals surface area (Å²) in [7, 11) is 2.53. The van der Waals surface area contributed by atoms with Crippen molar-refractivity contribution in [2.45, 2.75) is 18.8 Å². The zero-order valence-corrected chi connectivity index (χ0v) is 15.6. The molecule has 8 nitrogen and oxygen atoms in total. The Bertz CT molecular complexity index is 905. The Morgan fingerprint density at radius 1 is 1.29 bits per heavy atom. The number of likely N-dealkylation sites (tertiary alicyclic amines) is 1. The normalized spacial score (nSPS) is 16.5. The van der Waals surface area contributed by atoms with Gasteiger partial charge in [-0.05, 0) is 25.0 Å². The van der Waals surface area contributed by atoms with Gasteiger partial charge in [-0.25, -0.2) is 23.9 Å². The van der Waals surface area contributed by atoms with Crippen LogP contribution in [-0.4, -0.2) is 54.2 Å². The lowest BCUT2D eigenvalue weighted by Gasteiger charge is -2.31. The van der Waals surface area contributed by atoms with Gasteiger partial charge in [-0.15, -0.1) is 0 Å². The van der Waals surface area contributed by atoms with E-state index in [1.807, 2.05) is 0 Å². The van der Waals surface area contributed by atoms with E-state index in [2.05, 4.69) is 14.7 Å². The summed E-state index contributed by atoms with van der Waals surface area (Å²) in [5.41, 5.74) is 7.16. The molecule has 0 saturated carbocycles. The maximum Gasteiger partial charge on any atom is 0.409 e. The molecule has 1 saturated heterocycles. The first-order valence-corrected chi connectivity index (χ1v) is 8.78. The maximum atomic E-state index is 14.3. The van der Waals surface area contributed by atoms with E-state index in [0.717, 1.165) is 12.8 Å². The van der Waals surface area contributed by atoms with Gasteiger partial charge in [0, 0.05) is 24.6 Å². The Balaban J connectivity index is 1.91. The third-order valence-electron chi connectivity index (χ3n) is 4.74. The number of benzene rings is 1. The first-order valence-electron chi connectivity index (χ1n) is 8.78. The predicted molar refractivity (Wildman–Crippen MR) is 99.1 cm³/mol. The van der Waals surface area contributed by atoms with Crippen LogP contribution < -0.4 is 5.73 Å². The lowest BCUT2D eigenvalue weighted by atomic mass is 9.95. The van der Waals surface area contributed by atoms with Crippen LogP contribution in [0, 0.1) is 5.82 Å². The highest BCUT2D eigenvalue weighted by molar-refractivity contribution is 5.90. The van der Waals surface area contributed by atoms with E-state index in [-0.39, 0.29) is 23.4 Å². The summed E-state index contributed by atoms with van der Waals surface area (Å²) in [5.74, 6) is -1.37. The van der Waals surface area contributed by atoms with Crippen LogP contribution in [0.2, 0.25) is 0 Å². The van der Waals surface area contributed by atoms with Crippen molar-refractivity contribution in [2.75, 3.05) is 33.0 Å². The van der Waals surface area contributed by atoms with Crippen LogP contribution in [0.25, 0.3) is 11.3 Å². The fourth-order valence-corrected chi connectivity index (χ4v) is 3.27. The van der Waals surface area contributed by atoms with E-state index in [1.54, 1.807) is 17.2 Å². The van der Waals surface area contributed by atoms with Crippen LogP contribution in [0.4, 0.5) is 15.0 Å². The molecule has 2 N–H and O–H groups in total. The molecule has 0 spiro atoms. The molecule has 1 aromatic heterocycles. The van der Waals surface area contributed by atoms with Gasteiger partial charge >= 0.3 is 12.1 Å². The molecule has 0 aliphatic carbocycles. The minimum atomic E-state index is -0.762. The van der Waals surface area contributed by atoms with Crippen LogP contribution in [-0.2, 0) is 9.47 Å². The molecule has 3 rings (SSSR count). The number of anilines is 1. The summed E-state index contributed by atoms with van der Waals surface area (Å²) in [6, 6.07) is 4.04. The molecule has 0 bridgehead atoms. The van der Waals surface area contributed by atoms with Gasteiger partial charge in [0.15, 0.2) is 0 Å². The van der Waals surface area contributed by atoms with Crippen LogP contribution in [0.1, 0.15) is 34.8 Å². The molecule has 0 radical (unpaired) electrons. The van der Waals surface area contributed by atoms with Gasteiger partial charge in [-0.1, -0.05) is 6.07 Å². The highest BCUT2D eigenvalue weighted by atomic mass is 19.1. The number of carbonyl (C=O) groups is 2. The number of hydrogen-bond donors (Lipinski definition) is 1. The number of esters is 1. The van der Waals surface area contributed by atoms with Crippen LogP contribution >= 0.6 is 0 Å². The third-order valence-corrected chi connectivity index (χ3v) is 4.74. The Hall–Kier alpha value is -3.23. The minimum Gasteiger partial charge on any atom is -0.465 e. The monoisotopic (exact) mass is 388 g/mol. The van der Waals surface area contributed by atoms with Crippen molar-refractivity contribution in [3.8, 4) is 11.3 Å². The molecule has 1 fully saturated rings. The summed E-state index contributed by atoms with van der Waals surface area (Å²) in [5, 5.41) is 0. The average molecular weight is 388 g/mol. The maximum absolute atomic E-state index is 14.3. The topological polar surface area (TPSA) is 108 Å². The number of nitrogen functional groups attached to an aromatic ring is 1. The van der Waals surface area contributed by atoms with Crippen molar-refractivity contribution in [3.05, 3.63) is 41.5 Å². The molecular weight excluding hydrogens is 367 g/mol. The Morgan fingerprint density at radius 3 is 2.75 bits per heavy atom. The summed E-state index contributed by atoms with van der Waals surface area (Å²) in [6.07, 6.45) is 2.84. The molecule has 1 amide bonds. The average Bonchev–Trinajstić information content (AvgIpc) is 2.73. The second-order valence-corrected chi connectivity index (χ2v) is 6.47. The first kappa shape index (κ1) is 19.5. The van der Waals surface area contributed by atoms with Crippen molar-refractivity contribution in [3.63, 3.8) is 0 Å². The number of hydrogen-bond acceptors (Lipinski definition) is 7. The smallest absolute Gasteiger partial charge is 0.409 e. The summed E-state index contributed by atoms with van der Waals surface area (Å²) >= 11 is 0. The Labute approximate surface area is 161 Å². The van der Waals surface area contributed by atoms with Gasteiger partial charge in [-0.3, -0.25) is 0 Å². The SMILES string of the molecule is COC(=O)c1ccc(-c2nc(C3CCCN(C(=O)OC)C3)cnc2N)cc1F. The minimum absolute atomic E-state index is 0.0288. The van der Waals surface area contributed by atoms with E-state index < -0.39 is 11.8 Å². The standard InChI is InChI=1S/C19H21FN4O4/c1-27-18(25)13-6-5-11(8-14(13)20)16-17(21)22-9-15(23-16)12-4-3-7-24(10-12)19(26)28-2/h5-6,8-9,12H,3-4,7,10H2,1-2H3,(H2,21,22). The first-order chi connectivity index (χ1) is 13.4. The molecule has 2 heterocycles. The summed E-state index contributed by atoms with van der Waals surface area (Å²) < 4.78 is 23.6. The van der Waals surface area contributed by atoms with E-state index >= 15 is 0 Å². The lowest BCUT2D eigenvalue weighted by molar-refractivity contribution is 0.0595. The highest BCUT2D eigenvalue weighted by Gasteiger charge is 2.27. The van der Waals surface area contributed by atoms with Gasteiger partial charge in [0.1, 0.15) is 17.3 Å². The summed E-state index contributed by atoms with van der Waals surface area (Å²) in [6.45, 7) is 1.08. The number of methoxy groups -OCH3 is 2. The quantitative estimate of drug-likeness (QED) is 0.805. The van der Waals surface area contributed by atoms with Gasteiger partial charge in [0.05, 0.1) is 31.7 Å². The second-order valence-electron chi connectivity index (χ2n) is 6.47. The number of piperidine rings is 1. The molecule has 148 valence electrons. The van der Waals surface area contributed by atoms with Crippen molar-refractivity contribution in [1.82, 2.24) is 14.9 Å². The Kier molecular flexibility index (Phi) is 5.72. The zero-order valence-electron chi connectivity index (χ0n) is 15.6. The molecule has 1 atom stereocenters. The van der Waals surface area contributed by atoms with Gasteiger partial charge in [0.25, 0.3) is 0 Å². The largest absolute Gasteiger partial charge is 0.465 e. The molecule has 1 aliphatic rings. The van der Waals surface area contributed by atoms with Crippen molar-refractivity contribution >= 4 is 17.9 Å². The molecule has 2 aromatic rings. The number of carbonyl (C=O) groups excluding carboxylic acids is 2. The van der Waals surface area contributed by atoms with E-state index in [0.29, 0.717) is 30.0 Å². The molecule has 1 unspecified atom stereocenters. The summed E-state index contributed by atoms with van der Waals surface area (Å²) in [4.78, 5) is 33.8. The van der Waals surface area contributed by atoms with Gasteiger partial charge < -0.3 is 20.1 Å². The Morgan fingerprint density at radius 2 is 2.07 bits per heavy atom. The van der Waals surface area contributed by atoms with E-state index in [4.69, 9.17) is 10.5 Å². The molecule has 1 aliphatic heterocycles. The van der Waals surface area contributed by atoms with Gasteiger partial charge in [-0.2, -0.15) is 0 Å². The number of aromatic nitrogens is 2. The van der Waals surface area contributed by atoms with Crippen molar-refractivity contribution < 1.29 is 23.5 Å². The number of amides is 1. The highest BCUT2D eigenvalue weighted by Crippen LogP contribution is 2.30. The van der Waals surface area contributed by atoms with Crippen molar-refractivity contribution in [1.29, 1.82) is 0 Å². The van der Waals surface area contributed by atoms with Crippen molar-refractivity contribution in [2.24, 2.45) is 0 Å². The number of ether oxygens (including phenoxy) is 2. The van der Waals surface area contributed by atoms with E-state index in [1.165, 1.54) is 26.4 Å². The molecule has 28 heavy (non-hydrogen) atoms. The second kappa shape index (κ2) is 8.20. The van der Waals surface area contributed by atoms with E-state index in [9.17, 15) is 14.0 Å². The van der Waals surface area contributed by atoms with Gasteiger partial charge in [0.2, 0.25) is 0 Å².